The Morgan fingerprint density at radius 2 is 1.83 bits per heavy atom. The number of sulfonamides is 1. The molecular weight excluding hydrogens is 390 g/mol. The molecule has 0 atom stereocenters. The number of hydrogen-bond donors (Lipinski definition) is 2. The molecule has 0 bridgehead atoms. The molecule has 3 rings (SSSR count). The summed E-state index contributed by atoms with van der Waals surface area (Å²) >= 11 is 0. The fourth-order valence-electron chi connectivity index (χ4n) is 2.57. The predicted octanol–water partition coefficient (Wildman–Crippen LogP) is 1.99. The second-order valence-electron chi connectivity index (χ2n) is 6.14. The van der Waals surface area contributed by atoms with Crippen LogP contribution in [0, 0.1) is 11.3 Å². The quantitative estimate of drug-likeness (QED) is 0.552. The van der Waals surface area contributed by atoms with Crippen molar-refractivity contribution in [2.45, 2.75) is 17.9 Å². The first-order valence-electron chi connectivity index (χ1n) is 8.83. The van der Waals surface area contributed by atoms with Gasteiger partial charge < -0.3 is 5.32 Å². The highest BCUT2D eigenvalue weighted by Gasteiger charge is 2.14. The van der Waals surface area contributed by atoms with Crippen LogP contribution in [-0.2, 0) is 16.6 Å². The SMILES string of the molecule is N#CCCNS(=O)(=O)c1ccc(C(=O)NCc2cnn(-c3ccccc3)c2)cc1. The van der Waals surface area contributed by atoms with E-state index in [9.17, 15) is 13.2 Å². The Balaban J connectivity index is 1.59. The average Bonchev–Trinajstić information content (AvgIpc) is 3.22. The van der Waals surface area contributed by atoms with Gasteiger partial charge >= 0.3 is 0 Å². The molecule has 2 aromatic carbocycles. The summed E-state index contributed by atoms with van der Waals surface area (Å²) in [7, 11) is -3.70. The van der Waals surface area contributed by atoms with Crippen molar-refractivity contribution in [2.24, 2.45) is 0 Å². The third-order valence-electron chi connectivity index (χ3n) is 4.07. The van der Waals surface area contributed by atoms with E-state index < -0.39 is 10.0 Å². The van der Waals surface area contributed by atoms with Crippen molar-refractivity contribution in [3.63, 3.8) is 0 Å². The molecule has 0 radical (unpaired) electrons. The Morgan fingerprint density at radius 1 is 1.10 bits per heavy atom. The highest BCUT2D eigenvalue weighted by molar-refractivity contribution is 7.89. The number of benzene rings is 2. The topological polar surface area (TPSA) is 117 Å². The summed E-state index contributed by atoms with van der Waals surface area (Å²) in [5, 5.41) is 15.6. The van der Waals surface area contributed by atoms with E-state index in [1.54, 1.807) is 10.9 Å². The van der Waals surface area contributed by atoms with Gasteiger partial charge in [0.15, 0.2) is 0 Å². The van der Waals surface area contributed by atoms with Crippen LogP contribution in [0.5, 0.6) is 0 Å². The first kappa shape index (κ1) is 20.3. The molecule has 2 N–H and O–H groups in total. The molecule has 148 valence electrons. The lowest BCUT2D eigenvalue weighted by molar-refractivity contribution is 0.0951. The van der Waals surface area contributed by atoms with Crippen LogP contribution >= 0.6 is 0 Å². The smallest absolute Gasteiger partial charge is 0.251 e. The molecule has 9 heteroatoms. The van der Waals surface area contributed by atoms with E-state index in [0.717, 1.165) is 11.3 Å². The lowest BCUT2D eigenvalue weighted by Crippen LogP contribution is -2.25. The molecule has 0 unspecified atom stereocenters. The molecule has 0 aliphatic carbocycles. The van der Waals surface area contributed by atoms with Gasteiger partial charge in [0.1, 0.15) is 0 Å². The normalized spacial score (nSPS) is 11.0. The maximum absolute atomic E-state index is 12.3. The summed E-state index contributed by atoms with van der Waals surface area (Å²) in [6, 6.07) is 17.1. The van der Waals surface area contributed by atoms with E-state index in [2.05, 4.69) is 15.1 Å². The van der Waals surface area contributed by atoms with Crippen molar-refractivity contribution in [1.29, 1.82) is 5.26 Å². The van der Waals surface area contributed by atoms with E-state index in [1.165, 1.54) is 24.3 Å². The zero-order valence-corrected chi connectivity index (χ0v) is 16.3. The van der Waals surface area contributed by atoms with E-state index in [-0.39, 0.29) is 23.8 Å². The van der Waals surface area contributed by atoms with E-state index in [1.807, 2.05) is 42.6 Å². The summed E-state index contributed by atoms with van der Waals surface area (Å²) in [4.78, 5) is 12.4. The third kappa shape index (κ3) is 5.28. The van der Waals surface area contributed by atoms with Crippen LogP contribution in [0.2, 0.25) is 0 Å². The summed E-state index contributed by atoms with van der Waals surface area (Å²) < 4.78 is 28.2. The molecule has 1 aromatic heterocycles. The maximum Gasteiger partial charge on any atom is 0.251 e. The predicted molar refractivity (Wildman–Crippen MR) is 107 cm³/mol. The highest BCUT2D eigenvalue weighted by Crippen LogP contribution is 2.11. The molecule has 0 aliphatic rings. The maximum atomic E-state index is 12.3. The minimum absolute atomic E-state index is 0.0381. The molecule has 0 spiro atoms. The number of nitrogens with one attached hydrogen (secondary N) is 2. The molecule has 0 aliphatic heterocycles. The van der Waals surface area contributed by atoms with Crippen LogP contribution in [0.3, 0.4) is 0 Å². The highest BCUT2D eigenvalue weighted by atomic mass is 32.2. The number of amides is 1. The monoisotopic (exact) mass is 409 g/mol. The molecule has 1 heterocycles. The van der Waals surface area contributed by atoms with Gasteiger partial charge in [-0.25, -0.2) is 17.8 Å². The van der Waals surface area contributed by atoms with Gasteiger partial charge in [0.05, 0.1) is 22.8 Å². The van der Waals surface area contributed by atoms with Crippen molar-refractivity contribution >= 4 is 15.9 Å². The van der Waals surface area contributed by atoms with E-state index >= 15 is 0 Å². The van der Waals surface area contributed by atoms with Gasteiger partial charge in [0, 0.05) is 36.8 Å². The second kappa shape index (κ2) is 9.14. The van der Waals surface area contributed by atoms with Gasteiger partial charge in [-0.1, -0.05) is 18.2 Å². The van der Waals surface area contributed by atoms with E-state index in [0.29, 0.717) is 12.1 Å². The number of para-hydroxylation sites is 1. The number of hydrogen-bond acceptors (Lipinski definition) is 5. The zero-order chi connectivity index (χ0) is 20.7. The molecule has 0 saturated heterocycles. The van der Waals surface area contributed by atoms with Crippen LogP contribution in [0.4, 0.5) is 0 Å². The molecule has 8 nitrogen and oxygen atoms in total. The van der Waals surface area contributed by atoms with Crippen LogP contribution < -0.4 is 10.0 Å². The summed E-state index contributed by atoms with van der Waals surface area (Å²) in [5.41, 5.74) is 2.10. The Bertz CT molecular complexity index is 1120. The first-order chi connectivity index (χ1) is 14.0. The number of carbonyl (C=O) groups is 1. The summed E-state index contributed by atoms with van der Waals surface area (Å²) in [5.74, 6) is -0.321. The number of aromatic nitrogens is 2. The van der Waals surface area contributed by atoms with Gasteiger partial charge in [-0.05, 0) is 36.4 Å². The summed E-state index contributed by atoms with van der Waals surface area (Å²) in [6.45, 7) is 0.333. The Hall–Kier alpha value is -3.48. The van der Waals surface area contributed by atoms with Crippen LogP contribution in [-0.4, -0.2) is 30.7 Å². The molecule has 0 saturated carbocycles. The fourth-order valence-corrected chi connectivity index (χ4v) is 3.60. The molecule has 3 aromatic rings. The van der Waals surface area contributed by atoms with Crippen molar-refractivity contribution in [2.75, 3.05) is 6.54 Å². The van der Waals surface area contributed by atoms with Crippen LogP contribution in [0.25, 0.3) is 5.69 Å². The van der Waals surface area contributed by atoms with Gasteiger partial charge in [-0.2, -0.15) is 10.4 Å². The van der Waals surface area contributed by atoms with Crippen molar-refractivity contribution in [1.82, 2.24) is 19.8 Å². The fraction of sp³-hybridized carbons (Fsp3) is 0.150. The largest absolute Gasteiger partial charge is 0.348 e. The number of carbonyl (C=O) groups excluding carboxylic acids is 1. The molecule has 29 heavy (non-hydrogen) atoms. The minimum Gasteiger partial charge on any atom is -0.348 e. The lowest BCUT2D eigenvalue weighted by Gasteiger charge is -2.07. The molecule has 0 fully saturated rings. The average molecular weight is 409 g/mol. The van der Waals surface area contributed by atoms with Crippen molar-refractivity contribution < 1.29 is 13.2 Å². The third-order valence-corrected chi connectivity index (χ3v) is 5.54. The minimum atomic E-state index is -3.70. The zero-order valence-electron chi connectivity index (χ0n) is 15.4. The summed E-state index contributed by atoms with van der Waals surface area (Å²) in [6.07, 6.45) is 3.59. The van der Waals surface area contributed by atoms with Crippen LogP contribution in [0.1, 0.15) is 22.3 Å². The van der Waals surface area contributed by atoms with Gasteiger partial charge in [-0.3, -0.25) is 4.79 Å². The van der Waals surface area contributed by atoms with Gasteiger partial charge in [-0.15, -0.1) is 0 Å². The number of rotatable bonds is 8. The number of nitriles is 1. The lowest BCUT2D eigenvalue weighted by atomic mass is 10.2. The Morgan fingerprint density at radius 3 is 2.52 bits per heavy atom. The van der Waals surface area contributed by atoms with Crippen molar-refractivity contribution in [3.8, 4) is 11.8 Å². The first-order valence-corrected chi connectivity index (χ1v) is 10.3. The molecular formula is C20H19N5O3S. The Labute approximate surface area is 168 Å². The molecule has 1 amide bonds. The Kier molecular flexibility index (Phi) is 6.39. The van der Waals surface area contributed by atoms with Crippen molar-refractivity contribution in [3.05, 3.63) is 78.1 Å². The van der Waals surface area contributed by atoms with Crippen LogP contribution in [0.15, 0.2) is 71.9 Å². The number of nitrogens with zero attached hydrogens (tertiary/aromatic N) is 3. The second-order valence-corrected chi connectivity index (χ2v) is 7.91. The van der Waals surface area contributed by atoms with Gasteiger partial charge in [0.25, 0.3) is 5.91 Å². The van der Waals surface area contributed by atoms with Gasteiger partial charge in [0.2, 0.25) is 10.0 Å². The standard InChI is InChI=1S/C20H19N5O3S/c21-11-4-12-24-29(27,28)19-9-7-17(8-10-19)20(26)22-13-16-14-23-25(15-16)18-5-2-1-3-6-18/h1-3,5-10,14-15,24H,4,12-13H2,(H,22,26). The van der Waals surface area contributed by atoms with E-state index in [4.69, 9.17) is 5.26 Å².